The Morgan fingerprint density at radius 2 is 1.85 bits per heavy atom. The standard InChI is InChI=1S/C13H23N3O4/c1-9(12(18)19)16(2)8-11(17)15-13(20)14-10-6-4-3-5-7-10/h9-10H,3-8H2,1-2H3,(H,18,19)(H2,14,15,17,20). The zero-order valence-electron chi connectivity index (χ0n) is 12.0. The van der Waals surface area contributed by atoms with Gasteiger partial charge < -0.3 is 10.4 Å². The van der Waals surface area contributed by atoms with Crippen LogP contribution in [0.15, 0.2) is 0 Å². The predicted molar refractivity (Wildman–Crippen MR) is 73.3 cm³/mol. The number of nitrogens with one attached hydrogen (secondary N) is 2. The molecule has 1 saturated carbocycles. The van der Waals surface area contributed by atoms with Gasteiger partial charge in [-0.1, -0.05) is 19.3 Å². The van der Waals surface area contributed by atoms with Crippen molar-refractivity contribution in [3.63, 3.8) is 0 Å². The van der Waals surface area contributed by atoms with E-state index in [1.165, 1.54) is 25.3 Å². The normalized spacial score (nSPS) is 17.6. The minimum Gasteiger partial charge on any atom is -0.480 e. The third kappa shape index (κ3) is 5.56. The highest BCUT2D eigenvalue weighted by Crippen LogP contribution is 2.17. The Balaban J connectivity index is 2.30. The SMILES string of the molecule is CC(C(=O)O)N(C)CC(=O)NC(=O)NC1CCCCC1. The number of rotatable bonds is 5. The number of nitrogens with zero attached hydrogens (tertiary/aromatic N) is 1. The fourth-order valence-corrected chi connectivity index (χ4v) is 2.19. The first-order valence-corrected chi connectivity index (χ1v) is 6.93. The van der Waals surface area contributed by atoms with E-state index in [-0.39, 0.29) is 12.6 Å². The zero-order chi connectivity index (χ0) is 15.1. The van der Waals surface area contributed by atoms with Crippen LogP contribution in [0.2, 0.25) is 0 Å². The summed E-state index contributed by atoms with van der Waals surface area (Å²) in [6.07, 6.45) is 5.27. The third-order valence-corrected chi connectivity index (χ3v) is 3.60. The van der Waals surface area contributed by atoms with Gasteiger partial charge in [-0.15, -0.1) is 0 Å². The van der Waals surface area contributed by atoms with Gasteiger partial charge in [-0.2, -0.15) is 0 Å². The average molecular weight is 285 g/mol. The molecule has 20 heavy (non-hydrogen) atoms. The Kier molecular flexibility index (Phi) is 6.44. The molecule has 7 nitrogen and oxygen atoms in total. The van der Waals surface area contributed by atoms with Crippen molar-refractivity contribution in [2.75, 3.05) is 13.6 Å². The summed E-state index contributed by atoms with van der Waals surface area (Å²) in [6, 6.07) is -1.15. The largest absolute Gasteiger partial charge is 0.480 e. The number of urea groups is 1. The molecule has 1 unspecified atom stereocenters. The Hall–Kier alpha value is -1.63. The number of carboxylic acids is 1. The summed E-state index contributed by atoms with van der Waals surface area (Å²) >= 11 is 0. The molecule has 1 aliphatic carbocycles. The lowest BCUT2D eigenvalue weighted by molar-refractivity contribution is -0.142. The molecule has 7 heteroatoms. The van der Waals surface area contributed by atoms with Crippen molar-refractivity contribution in [3.05, 3.63) is 0 Å². The molecule has 0 bridgehead atoms. The van der Waals surface area contributed by atoms with Crippen LogP contribution in [0.25, 0.3) is 0 Å². The number of amides is 3. The van der Waals surface area contributed by atoms with Gasteiger partial charge in [0.1, 0.15) is 6.04 Å². The van der Waals surface area contributed by atoms with Crippen LogP contribution in [0.5, 0.6) is 0 Å². The first-order chi connectivity index (χ1) is 9.40. The van der Waals surface area contributed by atoms with Crippen LogP contribution in [0.3, 0.4) is 0 Å². The van der Waals surface area contributed by atoms with Crippen LogP contribution in [0.4, 0.5) is 4.79 Å². The molecule has 1 rings (SSSR count). The van der Waals surface area contributed by atoms with Gasteiger partial charge >= 0.3 is 12.0 Å². The topological polar surface area (TPSA) is 98.7 Å². The monoisotopic (exact) mass is 285 g/mol. The van der Waals surface area contributed by atoms with Gasteiger partial charge in [0.25, 0.3) is 0 Å². The number of carboxylic acid groups (broad SMARTS) is 1. The van der Waals surface area contributed by atoms with E-state index in [4.69, 9.17) is 5.11 Å². The minimum absolute atomic E-state index is 0.132. The van der Waals surface area contributed by atoms with Gasteiger partial charge in [0.05, 0.1) is 6.54 Å². The summed E-state index contributed by atoms with van der Waals surface area (Å²) in [5.74, 6) is -1.51. The van der Waals surface area contributed by atoms with Crippen molar-refractivity contribution in [1.82, 2.24) is 15.5 Å². The van der Waals surface area contributed by atoms with Crippen LogP contribution in [0.1, 0.15) is 39.0 Å². The summed E-state index contributed by atoms with van der Waals surface area (Å²) < 4.78 is 0. The lowest BCUT2D eigenvalue weighted by Crippen LogP contribution is -2.49. The second-order valence-corrected chi connectivity index (χ2v) is 5.29. The number of likely N-dealkylation sites (N-methyl/N-ethyl adjacent to an activating group) is 1. The van der Waals surface area contributed by atoms with Crippen LogP contribution < -0.4 is 10.6 Å². The van der Waals surface area contributed by atoms with Gasteiger partial charge in [0, 0.05) is 6.04 Å². The molecule has 1 fully saturated rings. The number of carbonyl (C=O) groups is 3. The number of aliphatic carboxylic acids is 1. The molecular formula is C13H23N3O4. The maximum absolute atomic E-state index is 11.6. The first-order valence-electron chi connectivity index (χ1n) is 6.93. The molecular weight excluding hydrogens is 262 g/mol. The van der Waals surface area contributed by atoms with E-state index in [0.29, 0.717) is 0 Å². The summed E-state index contributed by atoms with van der Waals surface area (Å²) in [7, 11) is 1.53. The molecule has 3 N–H and O–H groups in total. The highest BCUT2D eigenvalue weighted by Gasteiger charge is 2.21. The van der Waals surface area contributed by atoms with E-state index in [2.05, 4.69) is 10.6 Å². The van der Waals surface area contributed by atoms with Crippen molar-refractivity contribution in [2.24, 2.45) is 0 Å². The van der Waals surface area contributed by atoms with Gasteiger partial charge in [-0.3, -0.25) is 19.8 Å². The van der Waals surface area contributed by atoms with Gasteiger partial charge in [-0.05, 0) is 26.8 Å². The maximum atomic E-state index is 11.6. The highest BCUT2D eigenvalue weighted by molar-refractivity contribution is 5.95. The molecule has 3 amide bonds. The van der Waals surface area contributed by atoms with Crippen LogP contribution in [-0.4, -0.2) is 53.6 Å². The molecule has 0 saturated heterocycles. The van der Waals surface area contributed by atoms with Gasteiger partial charge in [-0.25, -0.2) is 4.79 Å². The molecule has 1 atom stereocenters. The van der Waals surface area contributed by atoms with E-state index in [1.54, 1.807) is 0 Å². The Bertz CT molecular complexity index is 367. The lowest BCUT2D eigenvalue weighted by atomic mass is 9.96. The Morgan fingerprint density at radius 1 is 1.25 bits per heavy atom. The minimum atomic E-state index is -1.01. The molecule has 0 heterocycles. The van der Waals surface area contributed by atoms with Crippen LogP contribution >= 0.6 is 0 Å². The fraction of sp³-hybridized carbons (Fsp3) is 0.769. The second-order valence-electron chi connectivity index (χ2n) is 5.29. The number of carbonyl (C=O) groups excluding carboxylic acids is 2. The molecule has 0 aromatic rings. The zero-order valence-corrected chi connectivity index (χ0v) is 12.0. The Labute approximate surface area is 118 Å². The van der Waals surface area contributed by atoms with Gasteiger partial charge in [0.15, 0.2) is 0 Å². The summed E-state index contributed by atoms with van der Waals surface area (Å²) in [4.78, 5) is 35.4. The number of imide groups is 1. The van der Waals surface area contributed by atoms with Crippen molar-refractivity contribution < 1.29 is 19.5 Å². The molecule has 0 aliphatic heterocycles. The lowest BCUT2D eigenvalue weighted by Gasteiger charge is -2.23. The van der Waals surface area contributed by atoms with Crippen molar-refractivity contribution in [1.29, 1.82) is 0 Å². The average Bonchev–Trinajstić information content (AvgIpc) is 2.38. The molecule has 0 aromatic heterocycles. The number of hydrogen-bond acceptors (Lipinski definition) is 4. The summed E-state index contributed by atoms with van der Waals surface area (Å²) in [6.45, 7) is 1.35. The smallest absolute Gasteiger partial charge is 0.321 e. The van der Waals surface area contributed by atoms with E-state index in [1.807, 2.05) is 0 Å². The second kappa shape index (κ2) is 7.84. The van der Waals surface area contributed by atoms with Crippen LogP contribution in [0, 0.1) is 0 Å². The fourth-order valence-electron chi connectivity index (χ4n) is 2.19. The maximum Gasteiger partial charge on any atom is 0.321 e. The summed E-state index contributed by atoms with van der Waals surface area (Å²) in [5.41, 5.74) is 0. The van der Waals surface area contributed by atoms with E-state index in [9.17, 15) is 14.4 Å². The quantitative estimate of drug-likeness (QED) is 0.685. The van der Waals surface area contributed by atoms with Crippen molar-refractivity contribution in [3.8, 4) is 0 Å². The number of hydrogen-bond donors (Lipinski definition) is 3. The highest BCUT2D eigenvalue weighted by atomic mass is 16.4. The predicted octanol–water partition coefficient (Wildman–Crippen LogP) is 0.550. The summed E-state index contributed by atoms with van der Waals surface area (Å²) in [5, 5.41) is 13.8. The molecule has 114 valence electrons. The van der Waals surface area contributed by atoms with Crippen molar-refractivity contribution in [2.45, 2.75) is 51.1 Å². The molecule has 0 aromatic carbocycles. The van der Waals surface area contributed by atoms with Crippen molar-refractivity contribution >= 4 is 17.9 Å². The van der Waals surface area contributed by atoms with E-state index >= 15 is 0 Å². The molecule has 0 spiro atoms. The first kappa shape index (κ1) is 16.4. The molecule has 1 aliphatic rings. The van der Waals surface area contributed by atoms with E-state index in [0.717, 1.165) is 25.7 Å². The van der Waals surface area contributed by atoms with Crippen LogP contribution in [-0.2, 0) is 9.59 Å². The third-order valence-electron chi connectivity index (χ3n) is 3.60. The molecule has 0 radical (unpaired) electrons. The van der Waals surface area contributed by atoms with Gasteiger partial charge in [0.2, 0.25) is 5.91 Å². The Morgan fingerprint density at radius 3 is 2.40 bits per heavy atom. The van der Waals surface area contributed by atoms with E-state index < -0.39 is 23.9 Å².